The molecule has 0 aliphatic carbocycles. The molecule has 1 aliphatic rings. The maximum absolute atomic E-state index is 10.2. The van der Waals surface area contributed by atoms with E-state index in [0.29, 0.717) is 18.9 Å². The monoisotopic (exact) mass is 267 g/mol. The fraction of sp³-hybridized carbons (Fsp3) is 0.235. The Labute approximate surface area is 118 Å². The van der Waals surface area contributed by atoms with Crippen molar-refractivity contribution >= 4 is 5.90 Å². The molecule has 3 rings (SSSR count). The van der Waals surface area contributed by atoms with Gasteiger partial charge in [0.15, 0.2) is 0 Å². The number of aliphatic imine (C=N–C) groups is 1. The van der Waals surface area contributed by atoms with Crippen molar-refractivity contribution in [1.82, 2.24) is 0 Å². The molecule has 1 aliphatic heterocycles. The van der Waals surface area contributed by atoms with Crippen molar-refractivity contribution in [2.75, 3.05) is 6.61 Å². The van der Waals surface area contributed by atoms with Crippen LogP contribution < -0.4 is 0 Å². The molecule has 3 heteroatoms. The maximum Gasteiger partial charge on any atom is 0.216 e. The third-order valence-corrected chi connectivity index (χ3v) is 3.41. The predicted octanol–water partition coefficient (Wildman–Crippen LogP) is 2.96. The average molecular weight is 267 g/mol. The van der Waals surface area contributed by atoms with E-state index in [1.807, 2.05) is 60.7 Å². The largest absolute Gasteiger partial charge is 0.475 e. The van der Waals surface area contributed by atoms with E-state index in [2.05, 4.69) is 4.99 Å². The van der Waals surface area contributed by atoms with Gasteiger partial charge >= 0.3 is 0 Å². The van der Waals surface area contributed by atoms with Gasteiger partial charge in [0.1, 0.15) is 6.61 Å². The Morgan fingerprint density at radius 2 is 1.70 bits per heavy atom. The van der Waals surface area contributed by atoms with Crippen LogP contribution in [0.1, 0.15) is 23.7 Å². The molecule has 102 valence electrons. The number of benzene rings is 2. The molecule has 2 atom stereocenters. The first-order chi connectivity index (χ1) is 9.83. The molecule has 0 spiro atoms. The molecule has 2 aromatic carbocycles. The lowest BCUT2D eigenvalue weighted by Crippen LogP contribution is -2.11. The summed E-state index contributed by atoms with van der Waals surface area (Å²) in [7, 11) is 0. The molecular formula is C17H17NO2. The van der Waals surface area contributed by atoms with E-state index in [1.54, 1.807) is 0 Å². The van der Waals surface area contributed by atoms with Gasteiger partial charge in [-0.15, -0.1) is 0 Å². The molecular weight excluding hydrogens is 250 g/mol. The van der Waals surface area contributed by atoms with Crippen molar-refractivity contribution in [2.24, 2.45) is 4.99 Å². The third kappa shape index (κ3) is 2.89. The molecule has 2 aromatic rings. The summed E-state index contributed by atoms with van der Waals surface area (Å²) >= 11 is 0. The van der Waals surface area contributed by atoms with Gasteiger partial charge in [-0.25, -0.2) is 4.99 Å². The molecule has 0 saturated carbocycles. The Balaban J connectivity index is 1.67. The molecule has 1 heterocycles. The number of nitrogens with zero attached hydrogens (tertiary/aromatic N) is 1. The van der Waals surface area contributed by atoms with Crippen molar-refractivity contribution in [3.05, 3.63) is 71.8 Å². The topological polar surface area (TPSA) is 41.8 Å². The predicted molar refractivity (Wildman–Crippen MR) is 78.7 cm³/mol. The standard InChI is InChI=1S/C17H17NO2/c19-16(13-7-3-1-4-8-13)11-15-12-20-17(18-15)14-9-5-2-6-10-14/h1-10,15-16,19H,11-12H2/t15-,16-/m0/s1. The first kappa shape index (κ1) is 12.9. The van der Waals surface area contributed by atoms with Crippen LogP contribution in [0.2, 0.25) is 0 Å². The number of aliphatic hydroxyl groups excluding tert-OH is 1. The van der Waals surface area contributed by atoms with E-state index in [1.165, 1.54) is 0 Å². The summed E-state index contributed by atoms with van der Waals surface area (Å²) in [5.41, 5.74) is 1.92. The van der Waals surface area contributed by atoms with Crippen molar-refractivity contribution in [1.29, 1.82) is 0 Å². The quantitative estimate of drug-likeness (QED) is 0.925. The zero-order chi connectivity index (χ0) is 13.8. The molecule has 1 N–H and O–H groups in total. The summed E-state index contributed by atoms with van der Waals surface area (Å²) in [6, 6.07) is 19.6. The van der Waals surface area contributed by atoms with Crippen LogP contribution in [0.3, 0.4) is 0 Å². The molecule has 20 heavy (non-hydrogen) atoms. The molecule has 0 unspecified atom stereocenters. The minimum absolute atomic E-state index is 0.0143. The number of hydrogen-bond acceptors (Lipinski definition) is 3. The van der Waals surface area contributed by atoms with Gasteiger partial charge in [0.05, 0.1) is 12.1 Å². The minimum Gasteiger partial charge on any atom is -0.475 e. The molecule has 0 amide bonds. The van der Waals surface area contributed by atoms with E-state index < -0.39 is 6.10 Å². The van der Waals surface area contributed by atoms with Crippen LogP contribution in [0, 0.1) is 0 Å². The van der Waals surface area contributed by atoms with Crippen LogP contribution >= 0.6 is 0 Å². The fourth-order valence-electron chi connectivity index (χ4n) is 2.34. The van der Waals surface area contributed by atoms with Crippen LogP contribution in [-0.2, 0) is 4.74 Å². The molecule has 0 saturated heterocycles. The van der Waals surface area contributed by atoms with Gasteiger partial charge in [0, 0.05) is 12.0 Å². The van der Waals surface area contributed by atoms with Gasteiger partial charge in [0.25, 0.3) is 0 Å². The van der Waals surface area contributed by atoms with Gasteiger partial charge in [-0.1, -0.05) is 48.5 Å². The van der Waals surface area contributed by atoms with Gasteiger partial charge in [-0.05, 0) is 17.7 Å². The average Bonchev–Trinajstić information content (AvgIpc) is 2.97. The Morgan fingerprint density at radius 3 is 2.40 bits per heavy atom. The first-order valence-electron chi connectivity index (χ1n) is 6.82. The van der Waals surface area contributed by atoms with Crippen molar-refractivity contribution in [3.8, 4) is 0 Å². The molecule has 0 radical (unpaired) electrons. The lowest BCUT2D eigenvalue weighted by atomic mass is 10.0. The normalized spacial score (nSPS) is 19.2. The maximum atomic E-state index is 10.2. The number of aliphatic hydroxyl groups is 1. The SMILES string of the molecule is O[C@@H](C[C@H]1COC(c2ccccc2)=N1)c1ccccc1. The number of hydrogen-bond donors (Lipinski definition) is 1. The zero-order valence-corrected chi connectivity index (χ0v) is 11.1. The smallest absolute Gasteiger partial charge is 0.216 e. The van der Waals surface area contributed by atoms with Crippen LogP contribution in [0.5, 0.6) is 0 Å². The second-order valence-electron chi connectivity index (χ2n) is 4.93. The minimum atomic E-state index is -0.497. The van der Waals surface area contributed by atoms with E-state index in [0.717, 1.165) is 11.1 Å². The second-order valence-corrected chi connectivity index (χ2v) is 4.93. The summed E-state index contributed by atoms with van der Waals surface area (Å²) in [6.45, 7) is 0.536. The molecule has 3 nitrogen and oxygen atoms in total. The van der Waals surface area contributed by atoms with Crippen LogP contribution in [0.25, 0.3) is 0 Å². The van der Waals surface area contributed by atoms with Gasteiger partial charge < -0.3 is 9.84 Å². The van der Waals surface area contributed by atoms with E-state index in [9.17, 15) is 5.11 Å². The highest BCUT2D eigenvalue weighted by Crippen LogP contribution is 2.23. The van der Waals surface area contributed by atoms with E-state index >= 15 is 0 Å². The first-order valence-corrected chi connectivity index (χ1v) is 6.82. The van der Waals surface area contributed by atoms with Crippen molar-refractivity contribution in [2.45, 2.75) is 18.6 Å². The number of rotatable bonds is 4. The highest BCUT2D eigenvalue weighted by Gasteiger charge is 2.23. The highest BCUT2D eigenvalue weighted by atomic mass is 16.5. The van der Waals surface area contributed by atoms with E-state index in [-0.39, 0.29) is 6.04 Å². The highest BCUT2D eigenvalue weighted by molar-refractivity contribution is 5.95. The second kappa shape index (κ2) is 5.88. The molecule has 0 fully saturated rings. The Morgan fingerprint density at radius 1 is 1.05 bits per heavy atom. The molecule has 0 bridgehead atoms. The number of ether oxygens (including phenoxy) is 1. The van der Waals surface area contributed by atoms with Gasteiger partial charge in [-0.2, -0.15) is 0 Å². The van der Waals surface area contributed by atoms with Crippen molar-refractivity contribution in [3.63, 3.8) is 0 Å². The third-order valence-electron chi connectivity index (χ3n) is 3.41. The van der Waals surface area contributed by atoms with Crippen LogP contribution in [0.15, 0.2) is 65.7 Å². The summed E-state index contributed by atoms with van der Waals surface area (Å²) in [6.07, 6.45) is 0.0871. The van der Waals surface area contributed by atoms with Gasteiger partial charge in [0.2, 0.25) is 5.90 Å². The summed E-state index contributed by atoms with van der Waals surface area (Å²) in [5, 5.41) is 10.2. The van der Waals surface area contributed by atoms with Crippen LogP contribution in [0.4, 0.5) is 0 Å². The molecule has 0 aromatic heterocycles. The Hall–Kier alpha value is -2.13. The zero-order valence-electron chi connectivity index (χ0n) is 11.1. The summed E-state index contributed by atoms with van der Waals surface area (Å²) in [4.78, 5) is 4.56. The fourth-order valence-corrected chi connectivity index (χ4v) is 2.34. The Bertz CT molecular complexity index is 580. The Kier molecular flexibility index (Phi) is 3.79. The lowest BCUT2D eigenvalue weighted by Gasteiger charge is -2.12. The van der Waals surface area contributed by atoms with Crippen LogP contribution in [-0.4, -0.2) is 23.7 Å². The van der Waals surface area contributed by atoms with E-state index in [4.69, 9.17) is 4.74 Å². The summed E-state index contributed by atoms with van der Waals surface area (Å²) in [5.74, 6) is 0.677. The van der Waals surface area contributed by atoms with Crippen molar-refractivity contribution < 1.29 is 9.84 Å². The van der Waals surface area contributed by atoms with Gasteiger partial charge in [-0.3, -0.25) is 0 Å². The lowest BCUT2D eigenvalue weighted by molar-refractivity contribution is 0.151. The summed E-state index contributed by atoms with van der Waals surface area (Å²) < 4.78 is 5.63.